The van der Waals surface area contributed by atoms with Crippen LogP contribution in [-0.2, 0) is 0 Å². The van der Waals surface area contributed by atoms with Gasteiger partial charge < -0.3 is 0 Å². The van der Waals surface area contributed by atoms with Crippen molar-refractivity contribution in [2.45, 2.75) is 0 Å². The van der Waals surface area contributed by atoms with Crippen molar-refractivity contribution in [2.24, 2.45) is 0 Å². The van der Waals surface area contributed by atoms with Gasteiger partial charge in [0.15, 0.2) is 0 Å². The molecule has 0 radical (unpaired) electrons. The number of nitrogens with zero attached hydrogens (tertiary/aromatic N) is 1. The summed E-state index contributed by atoms with van der Waals surface area (Å²) in [5.41, 5.74) is 3.14. The molecule has 0 saturated heterocycles. The Morgan fingerprint density at radius 3 is 2.67 bits per heavy atom. The second-order valence-corrected chi connectivity index (χ2v) is 5.42. The Kier molecular flexibility index (Phi) is 3.06. The number of fused-ring (bicyclic) bond motifs is 1. The Bertz CT molecular complexity index is 725. The maximum absolute atomic E-state index is 6.01. The first-order valence-electron chi connectivity index (χ1n) is 5.54. The molecule has 0 aliphatic heterocycles. The summed E-state index contributed by atoms with van der Waals surface area (Å²) in [6.45, 7) is 0. The van der Waals surface area contributed by atoms with Gasteiger partial charge in [-0.25, -0.2) is 0 Å². The highest BCUT2D eigenvalue weighted by Gasteiger charge is 2.02. The van der Waals surface area contributed by atoms with Crippen molar-refractivity contribution in [3.63, 3.8) is 0 Å². The van der Waals surface area contributed by atoms with E-state index in [1.54, 1.807) is 0 Å². The highest BCUT2D eigenvalue weighted by Crippen LogP contribution is 2.26. The van der Waals surface area contributed by atoms with E-state index in [0.29, 0.717) is 0 Å². The van der Waals surface area contributed by atoms with E-state index in [1.165, 1.54) is 0 Å². The summed E-state index contributed by atoms with van der Waals surface area (Å²) < 4.78 is 1.06. The minimum absolute atomic E-state index is 0.738. The van der Waals surface area contributed by atoms with Crippen LogP contribution in [0, 0.1) is 0 Å². The van der Waals surface area contributed by atoms with Gasteiger partial charge in [-0.05, 0) is 42.0 Å². The molecule has 2 aromatic carbocycles. The van der Waals surface area contributed by atoms with Crippen molar-refractivity contribution in [3.8, 4) is 11.1 Å². The van der Waals surface area contributed by atoms with Crippen LogP contribution in [0.2, 0.25) is 5.02 Å². The molecular formula is C15H9BrClN. The van der Waals surface area contributed by atoms with E-state index in [4.69, 9.17) is 11.6 Å². The van der Waals surface area contributed by atoms with E-state index in [1.807, 2.05) is 42.6 Å². The zero-order chi connectivity index (χ0) is 12.5. The smallest absolute Gasteiger partial charge is 0.0703 e. The van der Waals surface area contributed by atoms with Gasteiger partial charge in [0.05, 0.1) is 5.52 Å². The number of benzene rings is 2. The molecule has 1 aromatic heterocycles. The van der Waals surface area contributed by atoms with Gasteiger partial charge in [0.25, 0.3) is 0 Å². The summed E-state index contributed by atoms with van der Waals surface area (Å²) in [4.78, 5) is 4.46. The predicted molar refractivity (Wildman–Crippen MR) is 79.9 cm³/mol. The lowest BCUT2D eigenvalue weighted by Crippen LogP contribution is -1.83. The molecule has 0 saturated carbocycles. The zero-order valence-electron chi connectivity index (χ0n) is 9.40. The van der Waals surface area contributed by atoms with Crippen LogP contribution in [-0.4, -0.2) is 4.98 Å². The number of rotatable bonds is 1. The van der Waals surface area contributed by atoms with Gasteiger partial charge in [-0.15, -0.1) is 0 Å². The van der Waals surface area contributed by atoms with E-state index < -0.39 is 0 Å². The molecule has 18 heavy (non-hydrogen) atoms. The second kappa shape index (κ2) is 4.71. The molecule has 3 aromatic rings. The Morgan fingerprint density at radius 1 is 0.944 bits per heavy atom. The van der Waals surface area contributed by atoms with Crippen molar-refractivity contribution in [1.82, 2.24) is 4.98 Å². The first-order chi connectivity index (χ1) is 8.72. The van der Waals surface area contributed by atoms with Crippen LogP contribution in [0.4, 0.5) is 0 Å². The van der Waals surface area contributed by atoms with Crippen LogP contribution in [0.5, 0.6) is 0 Å². The predicted octanol–water partition coefficient (Wildman–Crippen LogP) is 5.32. The van der Waals surface area contributed by atoms with Crippen LogP contribution in [0.15, 0.2) is 59.2 Å². The van der Waals surface area contributed by atoms with Crippen molar-refractivity contribution in [1.29, 1.82) is 0 Å². The normalized spacial score (nSPS) is 10.8. The summed E-state index contributed by atoms with van der Waals surface area (Å²) in [7, 11) is 0. The number of halogens is 2. The third-order valence-electron chi connectivity index (χ3n) is 2.80. The molecule has 0 aliphatic rings. The van der Waals surface area contributed by atoms with Gasteiger partial charge in [-0.3, -0.25) is 4.98 Å². The summed E-state index contributed by atoms with van der Waals surface area (Å²) in [5, 5.41) is 1.85. The van der Waals surface area contributed by atoms with E-state index in [9.17, 15) is 0 Å². The fourth-order valence-corrected chi connectivity index (χ4v) is 2.50. The van der Waals surface area contributed by atoms with Gasteiger partial charge in [0.1, 0.15) is 0 Å². The molecular weight excluding hydrogens is 310 g/mol. The molecule has 0 fully saturated rings. The monoisotopic (exact) mass is 317 g/mol. The average Bonchev–Trinajstić information content (AvgIpc) is 2.38. The molecule has 3 heteroatoms. The second-order valence-electron chi connectivity index (χ2n) is 4.07. The summed E-state index contributed by atoms with van der Waals surface area (Å²) in [6, 6.07) is 16.0. The maximum Gasteiger partial charge on any atom is 0.0703 e. The number of hydrogen-bond donors (Lipinski definition) is 0. The standard InChI is InChI=1S/C15H9BrClN/c16-13-4-5-15-11(7-13)6-12(9-18-15)10-2-1-3-14(17)8-10/h1-9H. The van der Waals surface area contributed by atoms with E-state index >= 15 is 0 Å². The Balaban J connectivity index is 2.18. The van der Waals surface area contributed by atoms with Gasteiger partial charge in [0.2, 0.25) is 0 Å². The molecule has 0 atom stereocenters. The molecule has 0 aliphatic carbocycles. The lowest BCUT2D eigenvalue weighted by Gasteiger charge is -2.04. The Labute approximate surface area is 119 Å². The van der Waals surface area contributed by atoms with Crippen molar-refractivity contribution >= 4 is 38.4 Å². The van der Waals surface area contributed by atoms with E-state index in [2.05, 4.69) is 33.0 Å². The van der Waals surface area contributed by atoms with Gasteiger partial charge in [0, 0.05) is 26.6 Å². The lowest BCUT2D eigenvalue weighted by molar-refractivity contribution is 1.40. The van der Waals surface area contributed by atoms with Crippen LogP contribution in [0.25, 0.3) is 22.0 Å². The van der Waals surface area contributed by atoms with Crippen molar-refractivity contribution < 1.29 is 0 Å². The summed E-state index contributed by atoms with van der Waals surface area (Å²) >= 11 is 9.49. The molecule has 3 rings (SSSR count). The molecule has 0 spiro atoms. The van der Waals surface area contributed by atoms with Crippen LogP contribution < -0.4 is 0 Å². The maximum atomic E-state index is 6.01. The molecule has 88 valence electrons. The fraction of sp³-hybridized carbons (Fsp3) is 0. The first kappa shape index (κ1) is 11.7. The fourth-order valence-electron chi connectivity index (χ4n) is 1.93. The molecule has 1 nitrogen and oxygen atoms in total. The van der Waals surface area contributed by atoms with Gasteiger partial charge in [-0.1, -0.05) is 39.7 Å². The third-order valence-corrected chi connectivity index (χ3v) is 3.53. The Hall–Kier alpha value is -1.38. The molecule has 0 amide bonds. The highest BCUT2D eigenvalue weighted by atomic mass is 79.9. The average molecular weight is 319 g/mol. The third kappa shape index (κ3) is 2.26. The van der Waals surface area contributed by atoms with Crippen LogP contribution in [0.1, 0.15) is 0 Å². The van der Waals surface area contributed by atoms with Gasteiger partial charge in [-0.2, -0.15) is 0 Å². The lowest BCUT2D eigenvalue weighted by atomic mass is 10.1. The van der Waals surface area contributed by atoms with E-state index in [0.717, 1.165) is 31.5 Å². The van der Waals surface area contributed by atoms with Crippen LogP contribution in [0.3, 0.4) is 0 Å². The topological polar surface area (TPSA) is 12.9 Å². The Morgan fingerprint density at radius 2 is 1.83 bits per heavy atom. The highest BCUT2D eigenvalue weighted by molar-refractivity contribution is 9.10. The molecule has 0 bridgehead atoms. The minimum Gasteiger partial charge on any atom is -0.256 e. The van der Waals surface area contributed by atoms with E-state index in [-0.39, 0.29) is 0 Å². The summed E-state index contributed by atoms with van der Waals surface area (Å²) in [6.07, 6.45) is 1.88. The number of pyridine rings is 1. The largest absolute Gasteiger partial charge is 0.256 e. The zero-order valence-corrected chi connectivity index (χ0v) is 11.7. The number of hydrogen-bond acceptors (Lipinski definition) is 1. The number of aromatic nitrogens is 1. The van der Waals surface area contributed by atoms with Gasteiger partial charge >= 0.3 is 0 Å². The van der Waals surface area contributed by atoms with Crippen molar-refractivity contribution in [3.05, 3.63) is 64.2 Å². The first-order valence-corrected chi connectivity index (χ1v) is 6.71. The minimum atomic E-state index is 0.738. The quantitative estimate of drug-likeness (QED) is 0.592. The van der Waals surface area contributed by atoms with Crippen molar-refractivity contribution in [2.75, 3.05) is 0 Å². The molecule has 0 unspecified atom stereocenters. The van der Waals surface area contributed by atoms with Crippen LogP contribution >= 0.6 is 27.5 Å². The molecule has 1 heterocycles. The molecule has 0 N–H and O–H groups in total. The SMILES string of the molecule is Clc1cccc(-c2cnc3ccc(Br)cc3c2)c1. The summed E-state index contributed by atoms with van der Waals surface area (Å²) in [5.74, 6) is 0.